The number of hydrogen-bond acceptors (Lipinski definition) is 4. The van der Waals surface area contributed by atoms with Crippen LogP contribution in [0.5, 0.6) is 5.88 Å². The van der Waals surface area contributed by atoms with E-state index in [-0.39, 0.29) is 11.9 Å². The summed E-state index contributed by atoms with van der Waals surface area (Å²) in [7, 11) is 3.46. The molecule has 1 atom stereocenters. The number of carbonyl (C=O) groups is 1. The molecule has 2 aromatic carbocycles. The molecule has 0 aliphatic rings. The van der Waals surface area contributed by atoms with E-state index in [1.54, 1.807) is 20.2 Å². The third-order valence-corrected chi connectivity index (χ3v) is 6.87. The number of para-hydroxylation sites is 1. The minimum Gasteiger partial charge on any atom is -0.476 e. The molecule has 4 rings (SSSR count). The Bertz CT molecular complexity index is 1460. The Kier molecular flexibility index (Phi) is 9.58. The molecule has 39 heavy (non-hydrogen) atoms. The van der Waals surface area contributed by atoms with E-state index in [0.29, 0.717) is 24.1 Å². The zero-order valence-corrected chi connectivity index (χ0v) is 23.6. The van der Waals surface area contributed by atoms with Crippen LogP contribution in [0.1, 0.15) is 37.1 Å². The van der Waals surface area contributed by atoms with Crippen LogP contribution in [-0.4, -0.2) is 54.1 Å². The van der Waals surface area contributed by atoms with Gasteiger partial charge in [0.15, 0.2) is 0 Å². The van der Waals surface area contributed by atoms with E-state index in [0.717, 1.165) is 39.7 Å². The Labute approximate surface area is 235 Å². The van der Waals surface area contributed by atoms with Crippen LogP contribution in [0.25, 0.3) is 22.0 Å². The zero-order chi connectivity index (χ0) is 27.8. The summed E-state index contributed by atoms with van der Waals surface area (Å²) in [4.78, 5) is 21.4. The van der Waals surface area contributed by atoms with Gasteiger partial charge in [-0.05, 0) is 36.6 Å². The van der Waals surface area contributed by atoms with Crippen LogP contribution in [0, 0.1) is 0 Å². The van der Waals surface area contributed by atoms with Crippen molar-refractivity contribution < 1.29 is 9.53 Å². The molecular weight excluding hydrogens is 508 g/mol. The third-order valence-electron chi connectivity index (χ3n) is 6.48. The van der Waals surface area contributed by atoms with Gasteiger partial charge in [-0.15, -0.1) is 0 Å². The largest absolute Gasteiger partial charge is 0.476 e. The molecule has 0 radical (unpaired) electrons. The summed E-state index contributed by atoms with van der Waals surface area (Å²) < 4.78 is 5.88. The molecule has 202 valence electrons. The maximum Gasteiger partial charge on any atom is 0.245 e. The van der Waals surface area contributed by atoms with Crippen LogP contribution in [0.2, 0.25) is 5.02 Å². The second-order valence-corrected chi connectivity index (χ2v) is 9.88. The van der Waals surface area contributed by atoms with Crippen molar-refractivity contribution in [2.24, 2.45) is 0 Å². The molecule has 4 aromatic rings. The van der Waals surface area contributed by atoms with E-state index in [1.165, 1.54) is 10.5 Å². The number of nitrogens with one attached hydrogen (secondary N) is 2. The summed E-state index contributed by atoms with van der Waals surface area (Å²) in [5, 5.41) is 5.01. The average molecular weight is 543 g/mol. The van der Waals surface area contributed by atoms with Crippen molar-refractivity contribution in [3.63, 3.8) is 0 Å². The molecule has 0 bridgehead atoms. The van der Waals surface area contributed by atoms with Crippen LogP contribution in [0.4, 0.5) is 0 Å². The average Bonchev–Trinajstić information content (AvgIpc) is 3.29. The zero-order valence-electron chi connectivity index (χ0n) is 22.9. The van der Waals surface area contributed by atoms with E-state index in [4.69, 9.17) is 16.3 Å². The summed E-state index contributed by atoms with van der Waals surface area (Å²) in [5.74, 6) is 0.510. The minimum absolute atomic E-state index is 0.0372. The highest BCUT2D eigenvalue weighted by Gasteiger charge is 2.20. The van der Waals surface area contributed by atoms with Crippen molar-refractivity contribution in [2.75, 3.05) is 27.2 Å². The molecule has 0 fully saturated rings. The van der Waals surface area contributed by atoms with E-state index in [2.05, 4.69) is 46.5 Å². The summed E-state index contributed by atoms with van der Waals surface area (Å²) >= 11 is 6.94. The number of H-pyrrole nitrogens is 1. The first-order valence-corrected chi connectivity index (χ1v) is 13.5. The van der Waals surface area contributed by atoms with Crippen molar-refractivity contribution in [1.82, 2.24) is 20.2 Å². The van der Waals surface area contributed by atoms with Crippen LogP contribution in [-0.2, 0) is 4.79 Å². The van der Waals surface area contributed by atoms with Gasteiger partial charge in [0.1, 0.15) is 6.61 Å². The third kappa shape index (κ3) is 6.96. The fourth-order valence-electron chi connectivity index (χ4n) is 4.41. The molecule has 1 amide bonds. The van der Waals surface area contributed by atoms with Gasteiger partial charge in [0, 0.05) is 67.1 Å². The van der Waals surface area contributed by atoms with E-state index >= 15 is 0 Å². The lowest BCUT2D eigenvalue weighted by molar-refractivity contribution is -0.123. The Morgan fingerprint density at radius 1 is 1.08 bits per heavy atom. The van der Waals surface area contributed by atoms with Crippen molar-refractivity contribution in [1.29, 1.82) is 0 Å². The fourth-order valence-corrected chi connectivity index (χ4v) is 4.72. The molecule has 7 heteroatoms. The highest BCUT2D eigenvalue weighted by atomic mass is 35.5. The Hall–Kier alpha value is -3.87. The number of ether oxygens (including phenoxy) is 1. The number of benzene rings is 2. The topological polar surface area (TPSA) is 70.2 Å². The van der Waals surface area contributed by atoms with Crippen molar-refractivity contribution in [3.8, 4) is 5.88 Å². The molecule has 2 aromatic heterocycles. The number of rotatable bonds is 11. The minimum atomic E-state index is -0.0372. The van der Waals surface area contributed by atoms with Gasteiger partial charge in [-0.1, -0.05) is 73.1 Å². The first-order chi connectivity index (χ1) is 18.9. The lowest BCUT2D eigenvalue weighted by Crippen LogP contribution is -2.29. The first-order valence-electron chi connectivity index (χ1n) is 13.2. The van der Waals surface area contributed by atoms with Gasteiger partial charge < -0.3 is 19.9 Å². The SMILES string of the molecule is CC/C(=C(/c1ccc(OCCN[C@@H](C)/C=C/C(=O)N(C)C)nc1)c1[nH]c2ccccc2c1Cl)c1ccccc1. The number of allylic oxidation sites excluding steroid dienone is 1. The number of aromatic nitrogens is 2. The van der Waals surface area contributed by atoms with E-state index in [1.807, 2.05) is 61.7 Å². The van der Waals surface area contributed by atoms with Crippen LogP contribution < -0.4 is 10.1 Å². The van der Waals surface area contributed by atoms with Gasteiger partial charge in [0.25, 0.3) is 0 Å². The summed E-state index contributed by atoms with van der Waals surface area (Å²) in [6.45, 7) is 5.22. The maximum absolute atomic E-state index is 11.7. The highest BCUT2D eigenvalue weighted by Crippen LogP contribution is 2.40. The molecule has 0 saturated heterocycles. The highest BCUT2D eigenvalue weighted by molar-refractivity contribution is 6.38. The molecule has 0 saturated carbocycles. The van der Waals surface area contributed by atoms with Crippen molar-refractivity contribution in [3.05, 3.63) is 107 Å². The smallest absolute Gasteiger partial charge is 0.245 e. The van der Waals surface area contributed by atoms with E-state index in [9.17, 15) is 4.79 Å². The van der Waals surface area contributed by atoms with Gasteiger partial charge in [-0.2, -0.15) is 0 Å². The van der Waals surface area contributed by atoms with Crippen LogP contribution in [0.15, 0.2) is 85.1 Å². The van der Waals surface area contributed by atoms with Gasteiger partial charge in [0.2, 0.25) is 11.8 Å². The summed E-state index contributed by atoms with van der Waals surface area (Å²) in [5.41, 5.74) is 6.18. The van der Waals surface area contributed by atoms with Gasteiger partial charge in [-0.3, -0.25) is 4.79 Å². The molecule has 2 N–H and O–H groups in total. The predicted octanol–water partition coefficient (Wildman–Crippen LogP) is 6.59. The van der Waals surface area contributed by atoms with Crippen molar-refractivity contribution >= 4 is 39.6 Å². The predicted molar refractivity (Wildman–Crippen MR) is 161 cm³/mol. The number of halogens is 1. The monoisotopic (exact) mass is 542 g/mol. The summed E-state index contributed by atoms with van der Waals surface area (Å²) in [6, 6.07) is 22.4. The van der Waals surface area contributed by atoms with Crippen molar-refractivity contribution in [2.45, 2.75) is 26.3 Å². The molecule has 6 nitrogen and oxygen atoms in total. The van der Waals surface area contributed by atoms with E-state index < -0.39 is 0 Å². The maximum atomic E-state index is 11.7. The lowest BCUT2D eigenvalue weighted by Gasteiger charge is -2.16. The molecule has 2 heterocycles. The second-order valence-electron chi connectivity index (χ2n) is 9.50. The fraction of sp³-hybridized carbons (Fsp3) is 0.250. The Balaban J connectivity index is 1.55. The van der Waals surface area contributed by atoms with Gasteiger partial charge in [-0.25, -0.2) is 4.98 Å². The number of hydrogen-bond donors (Lipinski definition) is 2. The van der Waals surface area contributed by atoms with Gasteiger partial charge in [0.05, 0.1) is 10.7 Å². The molecule has 0 spiro atoms. The summed E-state index contributed by atoms with van der Waals surface area (Å²) in [6.07, 6.45) is 6.08. The molecular formula is C32H35ClN4O2. The number of aromatic amines is 1. The number of nitrogens with zero attached hydrogens (tertiary/aromatic N) is 2. The lowest BCUT2D eigenvalue weighted by atomic mass is 9.91. The molecule has 0 aliphatic heterocycles. The second kappa shape index (κ2) is 13.3. The Morgan fingerprint density at radius 3 is 2.49 bits per heavy atom. The number of amides is 1. The number of likely N-dealkylation sites (N-methyl/N-ethyl adjacent to an activating group) is 1. The Morgan fingerprint density at radius 2 is 1.82 bits per heavy atom. The number of carbonyl (C=O) groups excluding carboxylic acids is 1. The standard InChI is InChI=1S/C32H35ClN4O2/c1-5-25(23-11-7-6-8-12-23)30(32-31(33)26-13-9-10-14-27(26)36-32)24-16-17-28(35-21-24)39-20-19-34-22(2)15-18-29(38)37(3)4/h6-18,21-22,34,36H,5,19-20H2,1-4H3/b18-15+,30-25+/t22-/m0/s1. The normalized spacial score (nSPS) is 12.9. The first kappa shape index (κ1) is 28.1. The number of fused-ring (bicyclic) bond motifs is 1. The van der Waals surface area contributed by atoms with Gasteiger partial charge >= 0.3 is 0 Å². The van der Waals surface area contributed by atoms with Crippen LogP contribution >= 0.6 is 11.6 Å². The number of pyridine rings is 1. The molecule has 0 unspecified atom stereocenters. The molecule has 0 aliphatic carbocycles. The van der Waals surface area contributed by atoms with Crippen LogP contribution in [0.3, 0.4) is 0 Å². The quantitative estimate of drug-likeness (QED) is 0.166.